The Morgan fingerprint density at radius 1 is 1.24 bits per heavy atom. The minimum atomic E-state index is -1.94. The molecule has 1 fully saturated rings. The molecule has 3 atom stereocenters. The van der Waals surface area contributed by atoms with Crippen LogP contribution in [0.1, 0.15) is 39.2 Å². The minimum Gasteiger partial charge on any atom is -0.409 e. The van der Waals surface area contributed by atoms with Crippen molar-refractivity contribution in [3.05, 3.63) is 35.9 Å². The lowest BCUT2D eigenvalue weighted by molar-refractivity contribution is -0.150. The van der Waals surface area contributed by atoms with Gasteiger partial charge in [-0.1, -0.05) is 51.1 Å². The molecule has 1 aliphatic rings. The zero-order valence-electron chi connectivity index (χ0n) is 16.2. The predicted molar refractivity (Wildman–Crippen MR) is 105 cm³/mol. The van der Waals surface area contributed by atoms with E-state index >= 15 is 0 Å². The number of benzene rings is 1. The van der Waals surface area contributed by atoms with Gasteiger partial charge in [0.2, 0.25) is 0 Å². The zero-order valence-corrected chi connectivity index (χ0v) is 17.2. The van der Waals surface area contributed by atoms with Crippen LogP contribution in [0.3, 0.4) is 0 Å². The van der Waals surface area contributed by atoms with E-state index in [2.05, 4.69) is 51.9 Å². The first kappa shape index (κ1) is 20.2. The Kier molecular flexibility index (Phi) is 6.87. The van der Waals surface area contributed by atoms with Crippen molar-refractivity contribution in [1.29, 1.82) is 0 Å². The van der Waals surface area contributed by atoms with Crippen molar-refractivity contribution < 1.29 is 13.9 Å². The summed E-state index contributed by atoms with van der Waals surface area (Å²) >= 11 is 0. The van der Waals surface area contributed by atoms with Crippen molar-refractivity contribution in [2.75, 3.05) is 6.61 Å². The van der Waals surface area contributed by atoms with Crippen molar-refractivity contribution in [2.24, 2.45) is 0 Å². The van der Waals surface area contributed by atoms with Gasteiger partial charge in [-0.15, -0.1) is 12.3 Å². The van der Waals surface area contributed by atoms with Gasteiger partial charge in [-0.05, 0) is 30.1 Å². The second-order valence-corrected chi connectivity index (χ2v) is 13.0. The highest BCUT2D eigenvalue weighted by molar-refractivity contribution is 6.74. The van der Waals surface area contributed by atoms with Crippen LogP contribution in [0.2, 0.25) is 18.1 Å². The Morgan fingerprint density at radius 3 is 2.52 bits per heavy atom. The van der Waals surface area contributed by atoms with E-state index in [1.807, 2.05) is 18.2 Å². The summed E-state index contributed by atoms with van der Waals surface area (Å²) in [5.41, 5.74) is 1.17. The van der Waals surface area contributed by atoms with E-state index in [4.69, 9.17) is 20.3 Å². The first-order valence-corrected chi connectivity index (χ1v) is 12.0. The number of hydrogen-bond donors (Lipinski definition) is 0. The van der Waals surface area contributed by atoms with Crippen molar-refractivity contribution in [3.8, 4) is 12.3 Å². The first-order chi connectivity index (χ1) is 11.7. The maximum Gasteiger partial charge on any atom is 0.192 e. The predicted octanol–water partition coefficient (Wildman–Crippen LogP) is 4.77. The fourth-order valence-electron chi connectivity index (χ4n) is 2.75. The average molecular weight is 361 g/mol. The van der Waals surface area contributed by atoms with Gasteiger partial charge in [0.05, 0.1) is 24.9 Å². The van der Waals surface area contributed by atoms with Crippen molar-refractivity contribution in [1.82, 2.24) is 0 Å². The van der Waals surface area contributed by atoms with E-state index in [0.717, 1.165) is 6.42 Å². The number of rotatable bonds is 6. The van der Waals surface area contributed by atoms with Crippen LogP contribution in [0.25, 0.3) is 0 Å². The van der Waals surface area contributed by atoms with Crippen LogP contribution in [0.15, 0.2) is 30.3 Å². The highest BCUT2D eigenvalue weighted by atomic mass is 28.4. The molecular weight excluding hydrogens is 328 g/mol. The molecule has 0 aromatic heterocycles. The number of hydrogen-bond acceptors (Lipinski definition) is 3. The number of terminal acetylenes is 1. The van der Waals surface area contributed by atoms with E-state index < -0.39 is 8.32 Å². The van der Waals surface area contributed by atoms with Crippen molar-refractivity contribution in [2.45, 2.75) is 76.7 Å². The lowest BCUT2D eigenvalue weighted by Crippen LogP contribution is -2.54. The Balaban J connectivity index is 2.12. The molecule has 2 rings (SSSR count). The van der Waals surface area contributed by atoms with E-state index in [0.29, 0.717) is 19.6 Å². The van der Waals surface area contributed by atoms with Crippen LogP contribution in [0.5, 0.6) is 0 Å². The molecule has 1 saturated heterocycles. The molecule has 138 valence electrons. The lowest BCUT2D eigenvalue weighted by Gasteiger charge is -2.45. The fraction of sp³-hybridized carbons (Fsp3) is 0.619. The topological polar surface area (TPSA) is 27.7 Å². The average Bonchev–Trinajstić information content (AvgIpc) is 2.55. The molecule has 1 aliphatic heterocycles. The Morgan fingerprint density at radius 2 is 1.92 bits per heavy atom. The summed E-state index contributed by atoms with van der Waals surface area (Å²) in [6.45, 7) is 12.5. The van der Waals surface area contributed by atoms with Crippen molar-refractivity contribution >= 4 is 8.32 Å². The maximum atomic E-state index is 6.70. The van der Waals surface area contributed by atoms with Gasteiger partial charge in [0, 0.05) is 13.0 Å². The monoisotopic (exact) mass is 360 g/mol. The molecule has 1 heterocycles. The van der Waals surface area contributed by atoms with Crippen LogP contribution in [0.4, 0.5) is 0 Å². The minimum absolute atomic E-state index is 0.0152. The second kappa shape index (κ2) is 8.51. The molecule has 0 N–H and O–H groups in total. The third-order valence-electron chi connectivity index (χ3n) is 5.33. The third-order valence-corrected chi connectivity index (χ3v) is 9.80. The van der Waals surface area contributed by atoms with Crippen molar-refractivity contribution in [3.63, 3.8) is 0 Å². The van der Waals surface area contributed by atoms with Crippen LogP contribution in [-0.4, -0.2) is 33.2 Å². The smallest absolute Gasteiger partial charge is 0.192 e. The van der Waals surface area contributed by atoms with E-state index in [9.17, 15) is 0 Å². The van der Waals surface area contributed by atoms with Gasteiger partial charge in [0.1, 0.15) is 0 Å². The third kappa shape index (κ3) is 5.42. The Hall–Kier alpha value is -1.12. The fourth-order valence-corrected chi connectivity index (χ4v) is 4.09. The van der Waals surface area contributed by atoms with Gasteiger partial charge >= 0.3 is 0 Å². The van der Waals surface area contributed by atoms with Gasteiger partial charge in [0.15, 0.2) is 8.32 Å². The summed E-state index contributed by atoms with van der Waals surface area (Å²) < 4.78 is 18.9. The summed E-state index contributed by atoms with van der Waals surface area (Å²) in [6, 6.07) is 10.3. The molecule has 25 heavy (non-hydrogen) atoms. The van der Waals surface area contributed by atoms with Gasteiger partial charge in [-0.3, -0.25) is 0 Å². The summed E-state index contributed by atoms with van der Waals surface area (Å²) in [5.74, 6) is 2.74. The van der Waals surface area contributed by atoms with E-state index in [1.165, 1.54) is 5.56 Å². The largest absolute Gasteiger partial charge is 0.409 e. The summed E-state index contributed by atoms with van der Waals surface area (Å²) in [5, 5.41) is 0.134. The molecule has 4 heteroatoms. The molecule has 0 aliphatic carbocycles. The van der Waals surface area contributed by atoms with Crippen LogP contribution in [-0.2, 0) is 20.5 Å². The van der Waals surface area contributed by atoms with E-state index in [1.54, 1.807) is 0 Å². The first-order valence-electron chi connectivity index (χ1n) is 9.13. The molecule has 0 unspecified atom stereocenters. The van der Waals surface area contributed by atoms with Crippen LogP contribution >= 0.6 is 0 Å². The normalized spacial score (nSPS) is 24.7. The zero-order chi connectivity index (χ0) is 18.5. The van der Waals surface area contributed by atoms with Crippen LogP contribution in [0, 0.1) is 12.3 Å². The quantitative estimate of drug-likeness (QED) is 0.540. The molecule has 0 bridgehead atoms. The molecule has 3 nitrogen and oxygen atoms in total. The number of ether oxygens (including phenoxy) is 2. The lowest BCUT2D eigenvalue weighted by atomic mass is 10.00. The summed E-state index contributed by atoms with van der Waals surface area (Å²) in [4.78, 5) is 0. The standard InChI is InChI=1S/C21H32O3Si/c1-7-11-18-20(24-25(5,6)21(2,3)4)19(14-15-22-18)23-16-17-12-9-8-10-13-17/h1,8-10,12-13,18-20H,11,14-16H2,2-6H3/t18-,19+,20-/m1/s1. The molecule has 0 radical (unpaired) electrons. The van der Waals surface area contributed by atoms with Gasteiger partial charge < -0.3 is 13.9 Å². The highest BCUT2D eigenvalue weighted by Crippen LogP contribution is 2.39. The van der Waals surface area contributed by atoms with Gasteiger partial charge in [-0.25, -0.2) is 0 Å². The van der Waals surface area contributed by atoms with Gasteiger partial charge in [0.25, 0.3) is 0 Å². The molecule has 1 aromatic rings. The Bertz CT molecular complexity index is 571. The Labute approximate surface area is 154 Å². The summed E-state index contributed by atoms with van der Waals surface area (Å²) in [6.07, 6.45) is 6.79. The highest BCUT2D eigenvalue weighted by Gasteiger charge is 2.44. The molecule has 1 aromatic carbocycles. The molecule has 0 amide bonds. The molecular formula is C21H32O3Si. The van der Waals surface area contributed by atoms with E-state index in [-0.39, 0.29) is 23.4 Å². The summed E-state index contributed by atoms with van der Waals surface area (Å²) in [7, 11) is -1.94. The van der Waals surface area contributed by atoms with Crippen LogP contribution < -0.4 is 0 Å². The second-order valence-electron chi connectivity index (χ2n) is 8.28. The molecule has 0 spiro atoms. The van der Waals surface area contributed by atoms with Gasteiger partial charge in [-0.2, -0.15) is 0 Å². The SMILES string of the molecule is C#CC[C@H]1OCC[C@H](OCc2ccccc2)[C@@H]1O[Si](C)(C)C(C)(C)C. The maximum absolute atomic E-state index is 6.70. The molecule has 0 saturated carbocycles.